The molecule has 1 aromatic carbocycles. The predicted octanol–water partition coefficient (Wildman–Crippen LogP) is 2.50. The Kier molecular flexibility index (Phi) is 5.95. The second kappa shape index (κ2) is 7.48. The Bertz CT molecular complexity index is 485. The fourth-order valence-electron chi connectivity index (χ4n) is 1.70. The molecular weight excluding hydrogens is 262 g/mol. The molecule has 1 rings (SSSR count). The highest BCUT2D eigenvalue weighted by atomic mass is 32.1. The van der Waals surface area contributed by atoms with E-state index in [1.165, 1.54) is 0 Å². The lowest BCUT2D eigenvalue weighted by atomic mass is 10.1. The summed E-state index contributed by atoms with van der Waals surface area (Å²) >= 11 is 4.79. The fraction of sp³-hybridized carbons (Fsp3) is 0.308. The zero-order valence-corrected chi connectivity index (χ0v) is 11.8. The summed E-state index contributed by atoms with van der Waals surface area (Å²) in [7, 11) is 0. The van der Waals surface area contributed by atoms with Gasteiger partial charge in [-0.25, -0.2) is 9.79 Å². The maximum Gasteiger partial charge on any atom is 0.410 e. The van der Waals surface area contributed by atoms with Crippen molar-refractivity contribution in [3.63, 3.8) is 0 Å². The van der Waals surface area contributed by atoms with Gasteiger partial charge >= 0.3 is 6.09 Å². The Morgan fingerprint density at radius 1 is 1.42 bits per heavy atom. The number of anilines is 1. The summed E-state index contributed by atoms with van der Waals surface area (Å²) in [5.74, 6) is 0. The number of nitrogens with zero attached hydrogens (tertiary/aromatic N) is 2. The molecule has 0 saturated heterocycles. The first-order valence-electron chi connectivity index (χ1n) is 6.00. The Morgan fingerprint density at radius 3 is 2.63 bits per heavy atom. The van der Waals surface area contributed by atoms with Gasteiger partial charge in [-0.3, -0.25) is 5.32 Å². The van der Waals surface area contributed by atoms with Gasteiger partial charge in [-0.15, -0.1) is 0 Å². The molecule has 5 nitrogen and oxygen atoms in total. The molecule has 1 amide bonds. The highest BCUT2D eigenvalue weighted by Gasteiger charge is 2.06. The van der Waals surface area contributed by atoms with Crippen molar-refractivity contribution in [3.8, 4) is 0 Å². The van der Waals surface area contributed by atoms with E-state index in [9.17, 15) is 4.79 Å². The van der Waals surface area contributed by atoms with E-state index < -0.39 is 6.09 Å². The minimum absolute atomic E-state index is 0.0677. The van der Waals surface area contributed by atoms with Crippen LogP contribution in [0.3, 0.4) is 0 Å². The number of nitrogens with one attached hydrogen (secondary N) is 1. The Labute approximate surface area is 118 Å². The highest BCUT2D eigenvalue weighted by molar-refractivity contribution is 7.80. The van der Waals surface area contributed by atoms with Crippen LogP contribution in [0.25, 0.3) is 0 Å². The van der Waals surface area contributed by atoms with Gasteiger partial charge in [0.25, 0.3) is 0 Å². The van der Waals surface area contributed by atoms with Crippen LogP contribution in [0.5, 0.6) is 0 Å². The molecule has 0 atom stereocenters. The summed E-state index contributed by atoms with van der Waals surface area (Å²) < 4.78 is 0. The summed E-state index contributed by atoms with van der Waals surface area (Å²) in [5.41, 5.74) is 1.95. The summed E-state index contributed by atoms with van der Waals surface area (Å²) in [6.07, 6.45) is 0.366. The first-order valence-corrected chi connectivity index (χ1v) is 6.41. The van der Waals surface area contributed by atoms with Crippen LogP contribution in [0, 0.1) is 0 Å². The zero-order chi connectivity index (χ0) is 14.3. The summed E-state index contributed by atoms with van der Waals surface area (Å²) in [4.78, 5) is 16.5. The number of amides is 1. The van der Waals surface area contributed by atoms with E-state index in [2.05, 4.69) is 23.7 Å². The third-order valence-electron chi connectivity index (χ3n) is 2.58. The average Bonchev–Trinajstić information content (AvgIpc) is 2.38. The number of thiocarbonyl (C=S) groups is 1. The standard InChI is InChI=1S/C13H17N3O2S/c1-3-16(4-2)11-8-6-5-7-10(11)9-14-12(19)15-13(17)18/h5-9H,3-4H2,1-2H3,(H,15,19)(H,17,18)/b14-9+. The molecule has 0 unspecified atom stereocenters. The smallest absolute Gasteiger partial charge is 0.410 e. The van der Waals surface area contributed by atoms with Gasteiger partial charge in [0, 0.05) is 30.6 Å². The lowest BCUT2D eigenvalue weighted by Gasteiger charge is -2.22. The van der Waals surface area contributed by atoms with E-state index >= 15 is 0 Å². The van der Waals surface area contributed by atoms with Crippen molar-refractivity contribution in [2.24, 2.45) is 4.99 Å². The number of carbonyl (C=O) groups is 1. The maximum atomic E-state index is 10.4. The molecule has 1 aromatic rings. The number of carboxylic acid groups (broad SMARTS) is 1. The number of para-hydroxylation sites is 1. The highest BCUT2D eigenvalue weighted by Crippen LogP contribution is 2.18. The summed E-state index contributed by atoms with van der Waals surface area (Å²) in [5, 5.41) is 10.5. The molecule has 0 fully saturated rings. The van der Waals surface area contributed by atoms with Crippen molar-refractivity contribution in [1.29, 1.82) is 0 Å². The second-order valence-electron chi connectivity index (χ2n) is 3.72. The monoisotopic (exact) mass is 279 g/mol. The lowest BCUT2D eigenvalue weighted by molar-refractivity contribution is 0.200. The van der Waals surface area contributed by atoms with Gasteiger partial charge < -0.3 is 10.0 Å². The molecule has 102 valence electrons. The molecule has 2 N–H and O–H groups in total. The normalized spacial score (nSPS) is 10.4. The third-order valence-corrected chi connectivity index (χ3v) is 2.78. The van der Waals surface area contributed by atoms with Crippen LogP contribution < -0.4 is 10.2 Å². The van der Waals surface area contributed by atoms with Crippen molar-refractivity contribution < 1.29 is 9.90 Å². The van der Waals surface area contributed by atoms with Crippen molar-refractivity contribution in [1.82, 2.24) is 5.32 Å². The summed E-state index contributed by atoms with van der Waals surface area (Å²) in [6.45, 7) is 5.93. The Balaban J connectivity index is 2.92. The molecule has 19 heavy (non-hydrogen) atoms. The molecular formula is C13H17N3O2S. The SMILES string of the molecule is CCN(CC)c1ccccc1/C=N/C(=S)NC(=O)O. The van der Waals surface area contributed by atoms with E-state index in [4.69, 9.17) is 17.3 Å². The van der Waals surface area contributed by atoms with Gasteiger partial charge in [-0.1, -0.05) is 18.2 Å². The van der Waals surface area contributed by atoms with Gasteiger partial charge in [0.05, 0.1) is 0 Å². The molecule has 0 spiro atoms. The Hall–Kier alpha value is -1.95. The third kappa shape index (κ3) is 4.67. The zero-order valence-electron chi connectivity index (χ0n) is 11.0. The van der Waals surface area contributed by atoms with E-state index in [1.54, 1.807) is 6.21 Å². The molecule has 0 bridgehead atoms. The molecule has 0 heterocycles. The average molecular weight is 279 g/mol. The molecule has 6 heteroatoms. The predicted molar refractivity (Wildman–Crippen MR) is 81.4 cm³/mol. The number of benzene rings is 1. The minimum atomic E-state index is -1.21. The van der Waals surface area contributed by atoms with Crippen molar-refractivity contribution in [2.45, 2.75) is 13.8 Å². The number of hydrogen-bond donors (Lipinski definition) is 2. The number of aliphatic imine (C=N–C) groups is 1. The second-order valence-corrected chi connectivity index (χ2v) is 4.11. The summed E-state index contributed by atoms with van der Waals surface area (Å²) in [6, 6.07) is 7.78. The van der Waals surface area contributed by atoms with Crippen LogP contribution in [0.2, 0.25) is 0 Å². The van der Waals surface area contributed by atoms with Gasteiger partial charge in [-0.2, -0.15) is 0 Å². The van der Waals surface area contributed by atoms with Gasteiger partial charge in [0.15, 0.2) is 0 Å². The first-order chi connectivity index (χ1) is 9.08. The van der Waals surface area contributed by atoms with E-state index in [-0.39, 0.29) is 5.11 Å². The molecule has 0 saturated carbocycles. The maximum absolute atomic E-state index is 10.4. The molecule has 0 aliphatic rings. The topological polar surface area (TPSA) is 64.9 Å². The molecule has 0 aliphatic carbocycles. The van der Waals surface area contributed by atoms with Crippen molar-refractivity contribution in [3.05, 3.63) is 29.8 Å². The lowest BCUT2D eigenvalue weighted by Crippen LogP contribution is -2.26. The van der Waals surface area contributed by atoms with Crippen LogP contribution in [0.15, 0.2) is 29.3 Å². The molecule has 0 aliphatic heterocycles. The van der Waals surface area contributed by atoms with Crippen LogP contribution in [0.1, 0.15) is 19.4 Å². The van der Waals surface area contributed by atoms with E-state index in [1.807, 2.05) is 29.6 Å². The van der Waals surface area contributed by atoms with Crippen LogP contribution in [-0.2, 0) is 0 Å². The molecule has 0 aromatic heterocycles. The van der Waals surface area contributed by atoms with Crippen LogP contribution in [-0.4, -0.2) is 35.6 Å². The van der Waals surface area contributed by atoms with Crippen molar-refractivity contribution >= 4 is 35.3 Å². The van der Waals surface area contributed by atoms with E-state index in [0.29, 0.717) is 0 Å². The Morgan fingerprint density at radius 2 is 2.05 bits per heavy atom. The minimum Gasteiger partial charge on any atom is -0.465 e. The first kappa shape index (κ1) is 15.1. The van der Waals surface area contributed by atoms with E-state index in [0.717, 1.165) is 24.3 Å². The fourth-order valence-corrected chi connectivity index (χ4v) is 1.84. The molecule has 0 radical (unpaired) electrons. The van der Waals surface area contributed by atoms with Gasteiger partial charge in [-0.05, 0) is 32.1 Å². The van der Waals surface area contributed by atoms with Crippen LogP contribution in [0.4, 0.5) is 10.5 Å². The largest absolute Gasteiger partial charge is 0.465 e. The van der Waals surface area contributed by atoms with Gasteiger partial charge in [0.1, 0.15) is 0 Å². The van der Waals surface area contributed by atoms with Crippen LogP contribution >= 0.6 is 12.2 Å². The van der Waals surface area contributed by atoms with Gasteiger partial charge in [0.2, 0.25) is 5.11 Å². The van der Waals surface area contributed by atoms with Crippen molar-refractivity contribution in [2.75, 3.05) is 18.0 Å². The quantitative estimate of drug-likeness (QED) is 0.656. The number of hydrogen-bond acceptors (Lipinski definition) is 3. The number of rotatable bonds is 4.